The van der Waals surface area contributed by atoms with E-state index in [4.69, 9.17) is 0 Å². The minimum absolute atomic E-state index is 0.249. The molecule has 0 aromatic heterocycles. The molecule has 0 aliphatic heterocycles. The number of aliphatic carboxylic acids is 1. The first-order valence-corrected chi connectivity index (χ1v) is 7.42. The van der Waals surface area contributed by atoms with Crippen molar-refractivity contribution in [1.82, 2.24) is 5.32 Å². The molecule has 5 heteroatoms. The summed E-state index contributed by atoms with van der Waals surface area (Å²) in [6.45, 7) is 5.46. The van der Waals surface area contributed by atoms with Crippen LogP contribution in [0.25, 0.3) is 0 Å². The summed E-state index contributed by atoms with van der Waals surface area (Å²) < 4.78 is 13.0. The van der Waals surface area contributed by atoms with E-state index in [0.717, 1.165) is 25.2 Å². The lowest BCUT2D eigenvalue weighted by Crippen LogP contribution is -2.50. The number of carbonyl (C=O) groups is 1. The Morgan fingerprint density at radius 1 is 1.33 bits per heavy atom. The molecule has 0 heterocycles. The number of rotatable bonds is 9. The van der Waals surface area contributed by atoms with Gasteiger partial charge in [-0.05, 0) is 57.5 Å². The summed E-state index contributed by atoms with van der Waals surface area (Å²) in [6.07, 6.45) is 1.86. The van der Waals surface area contributed by atoms with Crippen LogP contribution in [-0.2, 0) is 4.79 Å². The molecule has 1 unspecified atom stereocenters. The molecule has 1 aromatic carbocycles. The minimum atomic E-state index is -0.859. The molecule has 4 nitrogen and oxygen atoms in total. The van der Waals surface area contributed by atoms with E-state index in [0.29, 0.717) is 12.8 Å². The number of halogens is 1. The van der Waals surface area contributed by atoms with Crippen LogP contribution in [0.4, 0.5) is 10.1 Å². The number of hydrogen-bond acceptors (Lipinski definition) is 3. The van der Waals surface area contributed by atoms with Crippen LogP contribution in [0.2, 0.25) is 0 Å². The third-order valence-corrected chi connectivity index (χ3v) is 4.10. The Balaban J connectivity index is 2.63. The van der Waals surface area contributed by atoms with Gasteiger partial charge in [-0.1, -0.05) is 6.92 Å². The van der Waals surface area contributed by atoms with Crippen LogP contribution >= 0.6 is 0 Å². The molecule has 21 heavy (non-hydrogen) atoms. The Morgan fingerprint density at radius 3 is 2.38 bits per heavy atom. The van der Waals surface area contributed by atoms with Crippen LogP contribution in [0, 0.1) is 5.82 Å². The predicted molar refractivity (Wildman–Crippen MR) is 83.2 cm³/mol. The molecule has 0 bridgehead atoms. The smallest absolute Gasteiger partial charge is 0.323 e. The lowest BCUT2D eigenvalue weighted by molar-refractivity contribution is -0.145. The first kappa shape index (κ1) is 17.4. The standard InChI is InChI=1S/C16H25FN2O2/c1-4-16(18-3,15(20)21)11-6-12-19(5-2)14-9-7-13(17)8-10-14/h7-10,18H,4-6,11-12H2,1-3H3,(H,20,21). The van der Waals surface area contributed by atoms with Crippen LogP contribution in [0.15, 0.2) is 24.3 Å². The second-order valence-electron chi connectivity index (χ2n) is 5.15. The van der Waals surface area contributed by atoms with Crippen LogP contribution in [0.1, 0.15) is 33.1 Å². The van der Waals surface area contributed by atoms with Gasteiger partial charge in [0.25, 0.3) is 0 Å². The van der Waals surface area contributed by atoms with Crippen LogP contribution in [-0.4, -0.2) is 36.8 Å². The van der Waals surface area contributed by atoms with Gasteiger partial charge in [0.15, 0.2) is 0 Å². The summed E-state index contributed by atoms with van der Waals surface area (Å²) in [4.78, 5) is 13.5. The highest BCUT2D eigenvalue weighted by molar-refractivity contribution is 5.78. The molecule has 0 saturated heterocycles. The molecule has 0 saturated carbocycles. The Hall–Kier alpha value is -1.62. The van der Waals surface area contributed by atoms with E-state index < -0.39 is 11.5 Å². The number of carboxylic acid groups (broad SMARTS) is 1. The number of nitrogens with one attached hydrogen (secondary N) is 1. The molecular weight excluding hydrogens is 271 g/mol. The highest BCUT2D eigenvalue weighted by Crippen LogP contribution is 2.20. The van der Waals surface area contributed by atoms with Gasteiger partial charge in [-0.2, -0.15) is 0 Å². The van der Waals surface area contributed by atoms with Gasteiger partial charge in [-0.15, -0.1) is 0 Å². The molecule has 1 rings (SSSR count). The Morgan fingerprint density at radius 2 is 1.95 bits per heavy atom. The van der Waals surface area contributed by atoms with E-state index >= 15 is 0 Å². The van der Waals surface area contributed by atoms with E-state index in [9.17, 15) is 14.3 Å². The van der Waals surface area contributed by atoms with Crippen molar-refractivity contribution in [3.8, 4) is 0 Å². The lowest BCUT2D eigenvalue weighted by Gasteiger charge is -2.30. The monoisotopic (exact) mass is 296 g/mol. The van der Waals surface area contributed by atoms with Crippen molar-refractivity contribution in [3.63, 3.8) is 0 Å². The van der Waals surface area contributed by atoms with Crippen molar-refractivity contribution in [1.29, 1.82) is 0 Å². The summed E-state index contributed by atoms with van der Waals surface area (Å²) in [5.74, 6) is -1.06. The summed E-state index contributed by atoms with van der Waals surface area (Å²) in [6, 6.07) is 6.39. The fourth-order valence-electron chi connectivity index (χ4n) is 2.54. The number of benzene rings is 1. The van der Waals surface area contributed by atoms with Crippen LogP contribution < -0.4 is 10.2 Å². The van der Waals surface area contributed by atoms with Gasteiger partial charge in [0.2, 0.25) is 0 Å². The second-order valence-corrected chi connectivity index (χ2v) is 5.15. The average molecular weight is 296 g/mol. The highest BCUT2D eigenvalue weighted by Gasteiger charge is 2.34. The van der Waals surface area contributed by atoms with Crippen LogP contribution in [0.5, 0.6) is 0 Å². The van der Waals surface area contributed by atoms with Crippen LogP contribution in [0.3, 0.4) is 0 Å². The van der Waals surface area contributed by atoms with E-state index in [1.165, 1.54) is 12.1 Å². The van der Waals surface area contributed by atoms with Gasteiger partial charge in [0.1, 0.15) is 11.4 Å². The van der Waals surface area contributed by atoms with Crippen molar-refractivity contribution < 1.29 is 14.3 Å². The number of likely N-dealkylation sites (N-methyl/N-ethyl adjacent to an activating group) is 1. The van der Waals surface area contributed by atoms with Gasteiger partial charge in [-0.3, -0.25) is 4.79 Å². The topological polar surface area (TPSA) is 52.6 Å². The largest absolute Gasteiger partial charge is 0.480 e. The zero-order valence-electron chi connectivity index (χ0n) is 13.0. The van der Waals surface area contributed by atoms with Crippen molar-refractivity contribution in [2.45, 2.75) is 38.6 Å². The minimum Gasteiger partial charge on any atom is -0.480 e. The highest BCUT2D eigenvalue weighted by atomic mass is 19.1. The van der Waals surface area contributed by atoms with E-state index in [-0.39, 0.29) is 5.82 Å². The molecule has 2 N–H and O–H groups in total. The predicted octanol–water partition coefficient (Wildman–Crippen LogP) is 2.89. The van der Waals surface area contributed by atoms with E-state index in [1.54, 1.807) is 19.2 Å². The number of carboxylic acids is 1. The number of nitrogens with zero attached hydrogens (tertiary/aromatic N) is 1. The first-order chi connectivity index (χ1) is 9.99. The van der Waals surface area contributed by atoms with Crippen molar-refractivity contribution in [2.24, 2.45) is 0 Å². The van der Waals surface area contributed by atoms with Gasteiger partial charge >= 0.3 is 5.97 Å². The van der Waals surface area contributed by atoms with Gasteiger partial charge in [0, 0.05) is 18.8 Å². The maximum atomic E-state index is 13.0. The normalized spacial score (nSPS) is 13.7. The first-order valence-electron chi connectivity index (χ1n) is 7.42. The van der Waals surface area contributed by atoms with Crippen molar-refractivity contribution in [3.05, 3.63) is 30.1 Å². The average Bonchev–Trinajstić information content (AvgIpc) is 2.49. The molecule has 0 amide bonds. The Labute approximate surface area is 126 Å². The molecule has 0 aliphatic rings. The summed E-state index contributed by atoms with van der Waals surface area (Å²) in [5, 5.41) is 12.3. The molecule has 0 fully saturated rings. The number of anilines is 1. The van der Waals surface area contributed by atoms with Gasteiger partial charge in [0.05, 0.1) is 0 Å². The lowest BCUT2D eigenvalue weighted by atomic mass is 9.90. The molecule has 0 aliphatic carbocycles. The van der Waals surface area contributed by atoms with E-state index in [2.05, 4.69) is 10.2 Å². The van der Waals surface area contributed by atoms with Gasteiger partial charge < -0.3 is 15.3 Å². The summed E-state index contributed by atoms with van der Waals surface area (Å²) in [5.41, 5.74) is 0.100. The quantitative estimate of drug-likeness (QED) is 0.736. The molecule has 0 radical (unpaired) electrons. The molecule has 1 aromatic rings. The summed E-state index contributed by atoms with van der Waals surface area (Å²) in [7, 11) is 1.69. The second kappa shape index (κ2) is 7.98. The van der Waals surface area contributed by atoms with Crippen molar-refractivity contribution >= 4 is 11.7 Å². The fraction of sp³-hybridized carbons (Fsp3) is 0.562. The fourth-order valence-corrected chi connectivity index (χ4v) is 2.54. The van der Waals surface area contributed by atoms with E-state index in [1.807, 2.05) is 13.8 Å². The number of hydrogen-bond donors (Lipinski definition) is 2. The Bertz CT molecular complexity index is 444. The maximum absolute atomic E-state index is 13.0. The SMILES string of the molecule is CCN(CCCC(CC)(NC)C(=O)O)c1ccc(F)cc1. The van der Waals surface area contributed by atoms with Crippen molar-refractivity contribution in [2.75, 3.05) is 25.0 Å². The van der Waals surface area contributed by atoms with Gasteiger partial charge in [-0.25, -0.2) is 4.39 Å². The Kier molecular flexibility index (Phi) is 6.62. The molecular formula is C16H25FN2O2. The molecule has 118 valence electrons. The molecule has 1 atom stereocenters. The molecule has 0 spiro atoms. The third kappa shape index (κ3) is 4.43. The zero-order valence-corrected chi connectivity index (χ0v) is 13.0. The summed E-state index contributed by atoms with van der Waals surface area (Å²) >= 11 is 0. The maximum Gasteiger partial charge on any atom is 0.323 e. The third-order valence-electron chi connectivity index (χ3n) is 4.10. The zero-order chi connectivity index (χ0) is 15.9.